The van der Waals surface area contributed by atoms with Crippen molar-refractivity contribution in [1.82, 2.24) is 0 Å². The largest absolute Gasteiger partial charge is 0.479 e. The molecule has 0 saturated heterocycles. The number of esters is 1. The molecule has 0 radical (unpaired) electrons. The van der Waals surface area contributed by atoms with Crippen LogP contribution in [0.1, 0.15) is 25.8 Å². The Labute approximate surface area is 123 Å². The predicted octanol–water partition coefficient (Wildman–Crippen LogP) is 1.21. The first-order chi connectivity index (χ1) is 10.1. The Balaban J connectivity index is 2.20. The van der Waals surface area contributed by atoms with Gasteiger partial charge in [-0.3, -0.25) is 9.59 Å². The molecular weight excluding hydrogens is 272 g/mol. The molecule has 2 rings (SSSR count). The summed E-state index contributed by atoms with van der Waals surface area (Å²) in [5.41, 5.74) is 7.21. The van der Waals surface area contributed by atoms with E-state index in [9.17, 15) is 9.59 Å². The fourth-order valence-corrected chi connectivity index (χ4v) is 2.25. The molecule has 0 spiro atoms. The van der Waals surface area contributed by atoms with Gasteiger partial charge in [-0.05, 0) is 31.5 Å². The topological polar surface area (TPSA) is 81.9 Å². The highest BCUT2D eigenvalue weighted by Gasteiger charge is 2.31. The third-order valence-corrected chi connectivity index (χ3v) is 3.31. The van der Waals surface area contributed by atoms with Gasteiger partial charge in [-0.1, -0.05) is 6.07 Å². The number of anilines is 1. The van der Waals surface area contributed by atoms with Gasteiger partial charge in [0.25, 0.3) is 5.91 Å². The highest BCUT2D eigenvalue weighted by Crippen LogP contribution is 2.34. The summed E-state index contributed by atoms with van der Waals surface area (Å²) in [5.74, 6) is 0.144. The summed E-state index contributed by atoms with van der Waals surface area (Å²) in [6.07, 6.45) is -0.419. The third-order valence-electron chi connectivity index (χ3n) is 3.31. The van der Waals surface area contributed by atoms with Gasteiger partial charge >= 0.3 is 5.97 Å². The van der Waals surface area contributed by atoms with Crippen molar-refractivity contribution in [2.45, 2.75) is 32.9 Å². The molecule has 1 aromatic carbocycles. The van der Waals surface area contributed by atoms with Gasteiger partial charge < -0.3 is 20.1 Å². The fraction of sp³-hybridized carbons (Fsp3) is 0.467. The lowest BCUT2D eigenvalue weighted by molar-refractivity contribution is -0.142. The molecule has 0 fully saturated rings. The Bertz CT molecular complexity index is 544. The number of amides is 1. The molecule has 1 unspecified atom stereocenters. The van der Waals surface area contributed by atoms with Crippen molar-refractivity contribution in [2.24, 2.45) is 5.73 Å². The van der Waals surface area contributed by atoms with Crippen LogP contribution >= 0.6 is 0 Å². The number of ether oxygens (including phenoxy) is 2. The van der Waals surface area contributed by atoms with Crippen LogP contribution in [0.2, 0.25) is 0 Å². The second-order valence-electron chi connectivity index (χ2n) is 4.81. The molecule has 21 heavy (non-hydrogen) atoms. The van der Waals surface area contributed by atoms with E-state index >= 15 is 0 Å². The van der Waals surface area contributed by atoms with Gasteiger partial charge in [-0.25, -0.2) is 0 Å². The summed E-state index contributed by atoms with van der Waals surface area (Å²) in [5, 5.41) is 0. The minimum absolute atomic E-state index is 0.157. The zero-order valence-electron chi connectivity index (χ0n) is 12.3. The molecule has 1 atom stereocenters. The molecule has 1 amide bonds. The molecule has 2 N–H and O–H groups in total. The fourth-order valence-electron chi connectivity index (χ4n) is 2.25. The van der Waals surface area contributed by atoms with Gasteiger partial charge in [0.2, 0.25) is 0 Å². The Morgan fingerprint density at radius 2 is 2.24 bits per heavy atom. The number of hydrogen-bond donors (Lipinski definition) is 1. The van der Waals surface area contributed by atoms with Crippen molar-refractivity contribution < 1.29 is 19.1 Å². The molecule has 0 saturated carbocycles. The minimum Gasteiger partial charge on any atom is -0.479 e. The van der Waals surface area contributed by atoms with Crippen LogP contribution in [-0.4, -0.2) is 31.1 Å². The van der Waals surface area contributed by atoms with Gasteiger partial charge in [0.05, 0.1) is 18.7 Å². The van der Waals surface area contributed by atoms with Crippen LogP contribution in [0.5, 0.6) is 5.75 Å². The molecule has 1 aromatic rings. The maximum atomic E-state index is 12.2. The van der Waals surface area contributed by atoms with Crippen LogP contribution in [0.4, 0.5) is 5.69 Å². The van der Waals surface area contributed by atoms with E-state index in [0.717, 1.165) is 5.56 Å². The number of hydrogen-bond acceptors (Lipinski definition) is 5. The minimum atomic E-state index is -0.576. The van der Waals surface area contributed by atoms with Crippen molar-refractivity contribution in [2.75, 3.05) is 18.1 Å². The highest BCUT2D eigenvalue weighted by atomic mass is 16.5. The highest BCUT2D eigenvalue weighted by molar-refractivity contribution is 6.00. The molecule has 6 heteroatoms. The lowest BCUT2D eigenvalue weighted by Crippen LogP contribution is -2.45. The van der Waals surface area contributed by atoms with Gasteiger partial charge in [-0.15, -0.1) is 0 Å². The van der Waals surface area contributed by atoms with Crippen LogP contribution in [0.25, 0.3) is 0 Å². The molecule has 1 heterocycles. The summed E-state index contributed by atoms with van der Waals surface area (Å²) < 4.78 is 10.5. The van der Waals surface area contributed by atoms with E-state index < -0.39 is 6.10 Å². The van der Waals surface area contributed by atoms with Crippen LogP contribution in [0.3, 0.4) is 0 Å². The maximum absolute atomic E-state index is 12.2. The zero-order valence-corrected chi connectivity index (χ0v) is 12.3. The summed E-state index contributed by atoms with van der Waals surface area (Å²) in [4.78, 5) is 25.3. The Hall–Kier alpha value is -2.08. The molecule has 6 nitrogen and oxygen atoms in total. The van der Waals surface area contributed by atoms with Crippen LogP contribution in [-0.2, 0) is 20.9 Å². The number of carbonyl (C=O) groups excluding carboxylic acids is 2. The number of nitrogens with two attached hydrogens (primary N) is 1. The summed E-state index contributed by atoms with van der Waals surface area (Å²) in [6, 6.07) is 5.48. The Morgan fingerprint density at radius 1 is 1.48 bits per heavy atom. The molecule has 114 valence electrons. The maximum Gasteiger partial charge on any atom is 0.307 e. The third kappa shape index (κ3) is 3.33. The summed E-state index contributed by atoms with van der Waals surface area (Å²) >= 11 is 0. The molecule has 0 bridgehead atoms. The second-order valence-corrected chi connectivity index (χ2v) is 4.81. The first kappa shape index (κ1) is 15.3. The van der Waals surface area contributed by atoms with Crippen LogP contribution in [0.15, 0.2) is 18.2 Å². The van der Waals surface area contributed by atoms with E-state index in [2.05, 4.69) is 0 Å². The SMILES string of the molecule is CCOC(=O)CCN1C(=O)C(C)Oc2cc(CN)ccc21. The summed E-state index contributed by atoms with van der Waals surface area (Å²) in [7, 11) is 0. The Morgan fingerprint density at radius 3 is 2.90 bits per heavy atom. The average molecular weight is 292 g/mol. The number of rotatable bonds is 5. The van der Waals surface area contributed by atoms with E-state index in [4.69, 9.17) is 15.2 Å². The van der Waals surface area contributed by atoms with Crippen molar-refractivity contribution in [3.8, 4) is 5.75 Å². The van der Waals surface area contributed by atoms with E-state index in [1.165, 1.54) is 0 Å². The molecule has 1 aliphatic rings. The first-order valence-corrected chi connectivity index (χ1v) is 7.03. The van der Waals surface area contributed by atoms with Gasteiger partial charge in [0.1, 0.15) is 5.75 Å². The van der Waals surface area contributed by atoms with E-state index in [0.29, 0.717) is 24.6 Å². The molecular formula is C15H20N2O4. The van der Waals surface area contributed by atoms with Crippen LogP contribution in [0, 0.1) is 0 Å². The standard InChI is InChI=1S/C15H20N2O4/c1-3-20-14(18)6-7-17-12-5-4-11(9-16)8-13(12)21-10(2)15(17)19/h4-5,8,10H,3,6-7,9,16H2,1-2H3. The number of nitrogens with zero attached hydrogens (tertiary/aromatic N) is 1. The van der Waals surface area contributed by atoms with E-state index in [-0.39, 0.29) is 24.8 Å². The second kappa shape index (κ2) is 6.58. The molecule has 1 aliphatic heterocycles. The van der Waals surface area contributed by atoms with Gasteiger partial charge in [0.15, 0.2) is 6.10 Å². The monoisotopic (exact) mass is 292 g/mol. The normalized spacial score (nSPS) is 17.2. The van der Waals surface area contributed by atoms with Crippen LogP contribution < -0.4 is 15.4 Å². The summed E-state index contributed by atoms with van der Waals surface area (Å²) in [6.45, 7) is 4.46. The lowest BCUT2D eigenvalue weighted by atomic mass is 10.1. The van der Waals surface area contributed by atoms with Gasteiger partial charge in [0, 0.05) is 13.1 Å². The Kier molecular flexibility index (Phi) is 4.80. The first-order valence-electron chi connectivity index (χ1n) is 7.03. The van der Waals surface area contributed by atoms with Gasteiger partial charge in [-0.2, -0.15) is 0 Å². The van der Waals surface area contributed by atoms with Crippen molar-refractivity contribution in [3.05, 3.63) is 23.8 Å². The van der Waals surface area contributed by atoms with Crippen molar-refractivity contribution in [1.29, 1.82) is 0 Å². The molecule has 0 aromatic heterocycles. The van der Waals surface area contributed by atoms with Crippen molar-refractivity contribution in [3.63, 3.8) is 0 Å². The van der Waals surface area contributed by atoms with E-state index in [1.807, 2.05) is 12.1 Å². The smallest absolute Gasteiger partial charge is 0.307 e. The van der Waals surface area contributed by atoms with Crippen molar-refractivity contribution >= 4 is 17.6 Å². The average Bonchev–Trinajstić information content (AvgIpc) is 2.47. The lowest BCUT2D eigenvalue weighted by Gasteiger charge is -2.33. The van der Waals surface area contributed by atoms with E-state index in [1.54, 1.807) is 24.8 Å². The zero-order chi connectivity index (χ0) is 15.4. The number of fused-ring (bicyclic) bond motifs is 1. The predicted molar refractivity (Wildman–Crippen MR) is 78.0 cm³/mol. The number of carbonyl (C=O) groups is 2. The number of benzene rings is 1. The quantitative estimate of drug-likeness (QED) is 0.825. The molecule has 0 aliphatic carbocycles.